The third kappa shape index (κ3) is 3.18. The minimum atomic E-state index is 0.776. The Kier molecular flexibility index (Phi) is 3.92. The van der Waals surface area contributed by atoms with Crippen molar-refractivity contribution in [1.29, 1.82) is 0 Å². The first-order chi connectivity index (χ1) is 8.40. The summed E-state index contributed by atoms with van der Waals surface area (Å²) in [5.74, 6) is 0. The van der Waals surface area contributed by atoms with Crippen molar-refractivity contribution in [3.8, 4) is 0 Å². The van der Waals surface area contributed by atoms with Gasteiger partial charge in [-0.15, -0.1) is 0 Å². The molecule has 2 rings (SSSR count). The van der Waals surface area contributed by atoms with Gasteiger partial charge in [0.15, 0.2) is 0 Å². The van der Waals surface area contributed by atoms with Gasteiger partial charge in [0.1, 0.15) is 7.11 Å². The quantitative estimate of drug-likeness (QED) is 0.578. The van der Waals surface area contributed by atoms with Gasteiger partial charge in [-0.05, 0) is 11.1 Å². The number of oxime groups is 1. The summed E-state index contributed by atoms with van der Waals surface area (Å²) in [6.07, 6.45) is 0.776. The lowest BCUT2D eigenvalue weighted by Crippen LogP contribution is -2.05. The van der Waals surface area contributed by atoms with Crippen molar-refractivity contribution in [1.82, 2.24) is 0 Å². The molecule has 0 atom stereocenters. The fraction of sp³-hybridized carbons (Fsp3) is 0.133. The largest absolute Gasteiger partial charge is 0.399 e. The molecule has 0 spiro atoms. The number of hydrogen-bond acceptors (Lipinski definition) is 2. The molecule has 2 aromatic carbocycles. The van der Waals surface area contributed by atoms with Crippen LogP contribution in [0.1, 0.15) is 11.1 Å². The van der Waals surface area contributed by atoms with Crippen LogP contribution in [-0.4, -0.2) is 12.8 Å². The molecule has 0 heterocycles. The molecule has 2 heteroatoms. The SMILES string of the molecule is CON=C(Cc1ccccc1)c1ccccc1. The van der Waals surface area contributed by atoms with E-state index in [9.17, 15) is 0 Å². The van der Waals surface area contributed by atoms with Gasteiger partial charge in [-0.3, -0.25) is 0 Å². The van der Waals surface area contributed by atoms with E-state index in [1.807, 2.05) is 48.5 Å². The van der Waals surface area contributed by atoms with E-state index in [2.05, 4.69) is 17.3 Å². The summed E-state index contributed by atoms with van der Waals surface area (Å²) in [5.41, 5.74) is 3.27. The van der Waals surface area contributed by atoms with Crippen LogP contribution >= 0.6 is 0 Å². The first kappa shape index (κ1) is 11.4. The molecule has 0 radical (unpaired) electrons. The van der Waals surface area contributed by atoms with Crippen LogP contribution in [0.5, 0.6) is 0 Å². The van der Waals surface area contributed by atoms with Crippen molar-refractivity contribution >= 4 is 5.71 Å². The monoisotopic (exact) mass is 225 g/mol. The van der Waals surface area contributed by atoms with E-state index >= 15 is 0 Å². The summed E-state index contributed by atoms with van der Waals surface area (Å²) in [4.78, 5) is 4.92. The Hall–Kier alpha value is -2.09. The molecule has 0 fully saturated rings. The molecule has 0 aliphatic rings. The molecule has 17 heavy (non-hydrogen) atoms. The second-order valence-corrected chi connectivity index (χ2v) is 3.75. The van der Waals surface area contributed by atoms with Gasteiger partial charge in [0.05, 0.1) is 5.71 Å². The van der Waals surface area contributed by atoms with Crippen LogP contribution in [0.3, 0.4) is 0 Å². The minimum absolute atomic E-state index is 0.776. The van der Waals surface area contributed by atoms with Crippen molar-refractivity contribution in [2.45, 2.75) is 6.42 Å². The van der Waals surface area contributed by atoms with E-state index in [0.29, 0.717) is 0 Å². The molecular weight excluding hydrogens is 210 g/mol. The number of benzene rings is 2. The highest BCUT2D eigenvalue weighted by atomic mass is 16.6. The van der Waals surface area contributed by atoms with Gasteiger partial charge < -0.3 is 4.84 Å². The molecule has 0 aliphatic carbocycles. The highest BCUT2D eigenvalue weighted by Gasteiger charge is 2.05. The molecular formula is C15H15NO. The maximum atomic E-state index is 4.92. The van der Waals surface area contributed by atoms with Gasteiger partial charge >= 0.3 is 0 Å². The average molecular weight is 225 g/mol. The van der Waals surface area contributed by atoms with Gasteiger partial charge in [0.2, 0.25) is 0 Å². The van der Waals surface area contributed by atoms with Crippen LogP contribution in [-0.2, 0) is 11.3 Å². The van der Waals surface area contributed by atoms with Crippen molar-refractivity contribution in [2.24, 2.45) is 5.16 Å². The van der Waals surface area contributed by atoms with Crippen LogP contribution in [0.15, 0.2) is 65.8 Å². The lowest BCUT2D eigenvalue weighted by Gasteiger charge is -2.05. The van der Waals surface area contributed by atoms with E-state index in [1.165, 1.54) is 5.56 Å². The maximum Gasteiger partial charge on any atom is 0.106 e. The van der Waals surface area contributed by atoms with Crippen LogP contribution in [0.2, 0.25) is 0 Å². The summed E-state index contributed by atoms with van der Waals surface area (Å²) >= 11 is 0. The van der Waals surface area contributed by atoms with Gasteiger partial charge in [0, 0.05) is 6.42 Å². The molecule has 0 bridgehead atoms. The van der Waals surface area contributed by atoms with E-state index in [4.69, 9.17) is 4.84 Å². The second kappa shape index (κ2) is 5.85. The van der Waals surface area contributed by atoms with Gasteiger partial charge in [0.25, 0.3) is 0 Å². The predicted molar refractivity (Wildman–Crippen MR) is 70.1 cm³/mol. The van der Waals surface area contributed by atoms with Gasteiger partial charge in [-0.25, -0.2) is 0 Å². The molecule has 0 aromatic heterocycles. The molecule has 0 N–H and O–H groups in total. The molecule has 2 nitrogen and oxygen atoms in total. The zero-order valence-electron chi connectivity index (χ0n) is 9.84. The third-order valence-corrected chi connectivity index (χ3v) is 2.52. The predicted octanol–water partition coefficient (Wildman–Crippen LogP) is 3.28. The summed E-state index contributed by atoms with van der Waals surface area (Å²) in [6.45, 7) is 0. The van der Waals surface area contributed by atoms with Crippen molar-refractivity contribution in [3.05, 3.63) is 71.8 Å². The van der Waals surface area contributed by atoms with Crippen LogP contribution in [0, 0.1) is 0 Å². The van der Waals surface area contributed by atoms with Crippen molar-refractivity contribution < 1.29 is 4.84 Å². The van der Waals surface area contributed by atoms with Crippen molar-refractivity contribution in [2.75, 3.05) is 7.11 Å². The van der Waals surface area contributed by atoms with E-state index in [-0.39, 0.29) is 0 Å². The van der Waals surface area contributed by atoms with Crippen molar-refractivity contribution in [3.63, 3.8) is 0 Å². The summed E-state index contributed by atoms with van der Waals surface area (Å²) in [6, 6.07) is 20.4. The Bertz CT molecular complexity index is 477. The third-order valence-electron chi connectivity index (χ3n) is 2.52. The van der Waals surface area contributed by atoms with Crippen LogP contribution < -0.4 is 0 Å². The highest BCUT2D eigenvalue weighted by Crippen LogP contribution is 2.08. The fourth-order valence-corrected chi connectivity index (χ4v) is 1.72. The Morgan fingerprint density at radius 1 is 0.941 bits per heavy atom. The van der Waals surface area contributed by atoms with E-state index in [0.717, 1.165) is 17.7 Å². The van der Waals surface area contributed by atoms with E-state index < -0.39 is 0 Å². The zero-order chi connectivity index (χ0) is 11.9. The minimum Gasteiger partial charge on any atom is -0.399 e. The first-order valence-electron chi connectivity index (χ1n) is 5.59. The Morgan fingerprint density at radius 3 is 2.12 bits per heavy atom. The first-order valence-corrected chi connectivity index (χ1v) is 5.59. The highest BCUT2D eigenvalue weighted by molar-refractivity contribution is 6.01. The zero-order valence-corrected chi connectivity index (χ0v) is 9.84. The normalized spacial score (nSPS) is 11.2. The maximum absolute atomic E-state index is 4.92. The molecule has 2 aromatic rings. The lowest BCUT2D eigenvalue weighted by molar-refractivity contribution is 0.213. The molecule has 0 unspecified atom stereocenters. The number of hydrogen-bond donors (Lipinski definition) is 0. The second-order valence-electron chi connectivity index (χ2n) is 3.75. The van der Waals surface area contributed by atoms with E-state index in [1.54, 1.807) is 7.11 Å². The number of nitrogens with zero attached hydrogens (tertiary/aromatic N) is 1. The lowest BCUT2D eigenvalue weighted by atomic mass is 10.0. The Labute approximate surface area is 102 Å². The molecule has 0 aliphatic heterocycles. The van der Waals surface area contributed by atoms with Crippen LogP contribution in [0.25, 0.3) is 0 Å². The molecule has 0 saturated carbocycles. The molecule has 86 valence electrons. The topological polar surface area (TPSA) is 21.6 Å². The van der Waals surface area contributed by atoms with Crippen LogP contribution in [0.4, 0.5) is 0 Å². The number of rotatable bonds is 4. The van der Waals surface area contributed by atoms with Gasteiger partial charge in [-0.2, -0.15) is 0 Å². The fourth-order valence-electron chi connectivity index (χ4n) is 1.72. The average Bonchev–Trinajstić information content (AvgIpc) is 2.40. The standard InChI is InChI=1S/C15H15NO/c1-17-16-15(14-10-6-3-7-11-14)12-13-8-4-2-5-9-13/h2-11H,12H2,1H3. The Balaban J connectivity index is 2.23. The van der Waals surface area contributed by atoms with Gasteiger partial charge in [-0.1, -0.05) is 65.8 Å². The molecule has 0 saturated heterocycles. The molecule has 0 amide bonds. The smallest absolute Gasteiger partial charge is 0.106 e. The Morgan fingerprint density at radius 2 is 1.53 bits per heavy atom. The summed E-state index contributed by atoms with van der Waals surface area (Å²) in [5, 5.41) is 4.11. The summed E-state index contributed by atoms with van der Waals surface area (Å²) in [7, 11) is 1.58. The summed E-state index contributed by atoms with van der Waals surface area (Å²) < 4.78 is 0.